The van der Waals surface area contributed by atoms with E-state index < -0.39 is 0 Å². The molecule has 0 unspecified atom stereocenters. The van der Waals surface area contributed by atoms with Crippen LogP contribution in [-0.2, 0) is 6.54 Å². The molecule has 0 amide bonds. The first kappa shape index (κ1) is 21.9. The molecule has 1 saturated heterocycles. The predicted molar refractivity (Wildman–Crippen MR) is 131 cm³/mol. The van der Waals surface area contributed by atoms with Crippen LogP contribution in [-0.4, -0.2) is 40.8 Å². The van der Waals surface area contributed by atoms with Crippen LogP contribution in [0.3, 0.4) is 0 Å². The van der Waals surface area contributed by atoms with E-state index in [4.69, 9.17) is 5.10 Å². The molecule has 1 aromatic carbocycles. The Morgan fingerprint density at radius 2 is 1.86 bits per heavy atom. The fourth-order valence-electron chi connectivity index (χ4n) is 4.28. The summed E-state index contributed by atoms with van der Waals surface area (Å²) in [6.45, 7) is 2.75. The molecule has 0 radical (unpaired) electrons. The molecule has 1 aromatic heterocycles. The summed E-state index contributed by atoms with van der Waals surface area (Å²) < 4.78 is 2.16. The van der Waals surface area contributed by atoms with E-state index in [0.29, 0.717) is 6.04 Å². The maximum Gasteiger partial charge on any atom is 0.193 e. The summed E-state index contributed by atoms with van der Waals surface area (Å²) in [5.41, 5.74) is 3.91. The van der Waals surface area contributed by atoms with Gasteiger partial charge in [-0.1, -0.05) is 54.8 Å². The van der Waals surface area contributed by atoms with Gasteiger partial charge in [0.2, 0.25) is 0 Å². The van der Waals surface area contributed by atoms with Crippen molar-refractivity contribution >= 4 is 36.0 Å². The minimum Gasteiger partial charge on any atom is -0.351 e. The van der Waals surface area contributed by atoms with Gasteiger partial charge in [-0.25, -0.2) is 0 Å². The molecule has 2 aromatic rings. The van der Waals surface area contributed by atoms with Crippen molar-refractivity contribution < 1.29 is 0 Å². The van der Waals surface area contributed by atoms with Crippen molar-refractivity contribution in [2.75, 3.05) is 20.1 Å². The monoisotopic (exact) mass is 505 g/mol. The highest BCUT2D eigenvalue weighted by molar-refractivity contribution is 14.0. The smallest absolute Gasteiger partial charge is 0.193 e. The van der Waals surface area contributed by atoms with Crippen LogP contribution in [0.25, 0.3) is 6.08 Å². The van der Waals surface area contributed by atoms with Gasteiger partial charge in [0.25, 0.3) is 0 Å². The lowest BCUT2D eigenvalue weighted by molar-refractivity contribution is 0.375. The number of hydrogen-bond acceptors (Lipinski definition) is 2. The zero-order valence-corrected chi connectivity index (χ0v) is 19.6. The lowest BCUT2D eigenvalue weighted by Crippen LogP contribution is -2.44. The summed E-state index contributed by atoms with van der Waals surface area (Å²) in [6.07, 6.45) is 11.9. The highest BCUT2D eigenvalue weighted by atomic mass is 127. The number of halogens is 1. The number of piperidine rings is 1. The zero-order valence-electron chi connectivity index (χ0n) is 17.3. The van der Waals surface area contributed by atoms with Crippen LogP contribution < -0.4 is 5.32 Å². The van der Waals surface area contributed by atoms with Crippen molar-refractivity contribution in [3.8, 4) is 0 Å². The molecule has 0 bridgehead atoms. The van der Waals surface area contributed by atoms with Crippen LogP contribution in [0.2, 0.25) is 0 Å². The summed E-state index contributed by atoms with van der Waals surface area (Å²) in [5.74, 6) is 0.981. The maximum absolute atomic E-state index is 4.77. The Labute approximate surface area is 191 Å². The molecule has 1 aliphatic carbocycles. The van der Waals surface area contributed by atoms with Gasteiger partial charge in [-0.3, -0.25) is 9.67 Å². The normalized spacial score (nSPS) is 17.9. The number of benzene rings is 1. The Bertz CT molecular complexity index is 811. The third-order valence-electron chi connectivity index (χ3n) is 5.88. The predicted octanol–water partition coefficient (Wildman–Crippen LogP) is 4.87. The van der Waals surface area contributed by atoms with Gasteiger partial charge < -0.3 is 10.2 Å². The number of likely N-dealkylation sites (tertiary alicyclic amines) is 1. The third kappa shape index (κ3) is 5.84. The number of guanidine groups is 1. The highest BCUT2D eigenvalue weighted by Crippen LogP contribution is 2.28. The van der Waals surface area contributed by atoms with Gasteiger partial charge in [0, 0.05) is 26.3 Å². The lowest BCUT2D eigenvalue weighted by Gasteiger charge is -2.31. The van der Waals surface area contributed by atoms with Crippen LogP contribution in [0.1, 0.15) is 55.8 Å². The van der Waals surface area contributed by atoms with Crippen molar-refractivity contribution in [1.29, 1.82) is 0 Å². The summed E-state index contributed by atoms with van der Waals surface area (Å²) in [5, 5.41) is 8.28. The molecule has 2 aliphatic rings. The van der Waals surface area contributed by atoms with Crippen molar-refractivity contribution in [3.63, 3.8) is 0 Å². The molecule has 2 heterocycles. The van der Waals surface area contributed by atoms with Crippen molar-refractivity contribution in [2.45, 2.75) is 51.1 Å². The topological polar surface area (TPSA) is 45.5 Å². The van der Waals surface area contributed by atoms with E-state index in [2.05, 4.69) is 68.6 Å². The van der Waals surface area contributed by atoms with E-state index in [1.807, 2.05) is 7.05 Å². The van der Waals surface area contributed by atoms with Gasteiger partial charge in [0.05, 0.1) is 18.3 Å². The van der Waals surface area contributed by atoms with E-state index in [1.54, 1.807) is 0 Å². The molecule has 0 atom stereocenters. The average Bonchev–Trinajstić information content (AvgIpc) is 3.42. The first-order valence-corrected chi connectivity index (χ1v) is 10.6. The minimum atomic E-state index is 0. The van der Waals surface area contributed by atoms with Crippen LogP contribution in [0.4, 0.5) is 0 Å². The van der Waals surface area contributed by atoms with Gasteiger partial charge in [-0.15, -0.1) is 24.0 Å². The largest absolute Gasteiger partial charge is 0.351 e. The van der Waals surface area contributed by atoms with E-state index >= 15 is 0 Å². The van der Waals surface area contributed by atoms with Crippen molar-refractivity contribution in [2.24, 2.45) is 4.99 Å². The van der Waals surface area contributed by atoms with Gasteiger partial charge in [0.1, 0.15) is 0 Å². The Morgan fingerprint density at radius 1 is 1.14 bits per heavy atom. The Balaban J connectivity index is 0.00000240. The van der Waals surface area contributed by atoms with Gasteiger partial charge in [-0.05, 0) is 37.3 Å². The highest BCUT2D eigenvalue weighted by Gasteiger charge is 2.19. The molecule has 2 fully saturated rings. The van der Waals surface area contributed by atoms with Crippen LogP contribution in [0, 0.1) is 0 Å². The summed E-state index contributed by atoms with van der Waals surface area (Å²) >= 11 is 0. The van der Waals surface area contributed by atoms with Crippen LogP contribution in [0.5, 0.6) is 0 Å². The minimum absolute atomic E-state index is 0. The number of hydrogen-bond donors (Lipinski definition) is 1. The molecule has 1 aliphatic heterocycles. The van der Waals surface area contributed by atoms with Crippen LogP contribution in [0.15, 0.2) is 53.2 Å². The molecule has 4 rings (SSSR count). The first-order valence-electron chi connectivity index (χ1n) is 10.6. The molecule has 1 N–H and O–H groups in total. The van der Waals surface area contributed by atoms with Gasteiger partial charge in [0.15, 0.2) is 5.96 Å². The average molecular weight is 505 g/mol. The summed E-state index contributed by atoms with van der Waals surface area (Å²) in [6, 6.07) is 13.3. The van der Waals surface area contributed by atoms with Crippen LogP contribution >= 0.6 is 24.0 Å². The summed E-state index contributed by atoms with van der Waals surface area (Å²) in [4.78, 5) is 6.85. The Morgan fingerprint density at radius 3 is 2.55 bits per heavy atom. The molecule has 156 valence electrons. The second kappa shape index (κ2) is 10.8. The summed E-state index contributed by atoms with van der Waals surface area (Å²) in [7, 11) is 1.87. The number of nitrogens with one attached hydrogen (secondary N) is 1. The molecule has 1 saturated carbocycles. The van der Waals surface area contributed by atoms with E-state index in [1.165, 1.54) is 36.8 Å². The number of aromatic nitrogens is 2. The second-order valence-electron chi connectivity index (χ2n) is 7.83. The quantitative estimate of drug-likeness (QED) is 0.367. The van der Waals surface area contributed by atoms with Crippen molar-refractivity contribution in [1.82, 2.24) is 20.0 Å². The van der Waals surface area contributed by atoms with E-state index in [0.717, 1.165) is 44.1 Å². The molecule has 0 spiro atoms. The molecule has 5 nitrogen and oxygen atoms in total. The van der Waals surface area contributed by atoms with E-state index in [9.17, 15) is 0 Å². The first-order chi connectivity index (χ1) is 13.8. The SMILES string of the molecule is CN=C(NCc1ccn(C2CCCC2)n1)N1CCC(=Cc2ccccc2)CC1.I. The zero-order chi connectivity index (χ0) is 19.2. The number of rotatable bonds is 4. The second-order valence-corrected chi connectivity index (χ2v) is 7.83. The molecular weight excluding hydrogens is 473 g/mol. The van der Waals surface area contributed by atoms with Gasteiger partial charge >= 0.3 is 0 Å². The van der Waals surface area contributed by atoms with E-state index in [-0.39, 0.29) is 24.0 Å². The Kier molecular flexibility index (Phi) is 8.15. The van der Waals surface area contributed by atoms with Gasteiger partial charge in [-0.2, -0.15) is 5.10 Å². The maximum atomic E-state index is 4.77. The van der Waals surface area contributed by atoms with Crippen molar-refractivity contribution in [3.05, 3.63) is 59.4 Å². The number of nitrogens with zero attached hydrogens (tertiary/aromatic N) is 4. The fraction of sp³-hybridized carbons (Fsp3) is 0.478. The molecule has 29 heavy (non-hydrogen) atoms. The molecule has 6 heteroatoms. The lowest BCUT2D eigenvalue weighted by atomic mass is 10.0. The standard InChI is InChI=1S/C23H31N5.HI/c1-24-23(25-18-21-13-16-28(26-21)22-9-5-6-10-22)27-14-11-20(12-15-27)17-19-7-3-2-4-8-19;/h2-4,7-8,13,16-17,22H,5-6,9-12,14-15,18H2,1H3,(H,24,25);1H. The fourth-order valence-corrected chi connectivity index (χ4v) is 4.28. The third-order valence-corrected chi connectivity index (χ3v) is 5.88. The number of aliphatic imine (C=N–C) groups is 1. The molecular formula is C23H32IN5. The Hall–Kier alpha value is -1.83.